The summed E-state index contributed by atoms with van der Waals surface area (Å²) in [6.07, 6.45) is 0.588. The molecule has 0 spiro atoms. The molecule has 0 saturated carbocycles. The number of imide groups is 1. The Morgan fingerprint density at radius 2 is 1.85 bits per heavy atom. The lowest BCUT2D eigenvalue weighted by molar-refractivity contribution is -0.136. The first-order valence-corrected chi connectivity index (χ1v) is 11.1. The summed E-state index contributed by atoms with van der Waals surface area (Å²) in [4.78, 5) is 38.1. The third-order valence-electron chi connectivity index (χ3n) is 6.47. The van der Waals surface area contributed by atoms with Crippen molar-refractivity contribution in [1.29, 1.82) is 0 Å². The largest absolute Gasteiger partial charge is 0.496 e. The van der Waals surface area contributed by atoms with Crippen molar-refractivity contribution in [2.75, 3.05) is 19.5 Å². The fourth-order valence-corrected chi connectivity index (χ4v) is 4.71. The van der Waals surface area contributed by atoms with Crippen LogP contribution in [0.5, 0.6) is 11.5 Å². The van der Waals surface area contributed by atoms with Crippen LogP contribution < -0.4 is 20.1 Å². The molecule has 0 radical (unpaired) electrons. The third-order valence-corrected chi connectivity index (χ3v) is 6.47. The van der Waals surface area contributed by atoms with Gasteiger partial charge in [-0.1, -0.05) is 12.1 Å². The lowest BCUT2D eigenvalue weighted by Gasteiger charge is -2.29. The molecule has 3 aromatic carbocycles. The average molecular weight is 460 g/mol. The van der Waals surface area contributed by atoms with Crippen LogP contribution in [0, 0.1) is 0 Å². The molecule has 2 heterocycles. The van der Waals surface area contributed by atoms with Gasteiger partial charge in [0.05, 0.1) is 14.2 Å². The van der Waals surface area contributed by atoms with Gasteiger partial charge in [-0.15, -0.1) is 0 Å². The second-order valence-electron chi connectivity index (χ2n) is 8.47. The van der Waals surface area contributed by atoms with E-state index in [1.54, 1.807) is 25.2 Å². The van der Waals surface area contributed by atoms with E-state index in [4.69, 9.17) is 9.47 Å². The number of anilines is 1. The van der Waals surface area contributed by atoms with Crippen molar-refractivity contribution >= 4 is 34.2 Å². The average Bonchev–Trinajstić information content (AvgIpc) is 3.17. The molecule has 0 aromatic heterocycles. The zero-order chi connectivity index (χ0) is 23.8. The van der Waals surface area contributed by atoms with E-state index < -0.39 is 11.9 Å². The molecule has 34 heavy (non-hydrogen) atoms. The predicted octanol–water partition coefficient (Wildman–Crippen LogP) is 3.23. The summed E-state index contributed by atoms with van der Waals surface area (Å²) in [5.74, 6) is 0.667. The van der Waals surface area contributed by atoms with E-state index in [2.05, 4.69) is 16.7 Å². The van der Waals surface area contributed by atoms with Gasteiger partial charge in [0.1, 0.15) is 17.5 Å². The summed E-state index contributed by atoms with van der Waals surface area (Å²) < 4.78 is 11.1. The molecule has 2 aliphatic heterocycles. The lowest BCUT2D eigenvalue weighted by atomic mass is 10.0. The first kappa shape index (κ1) is 21.8. The number of ether oxygens (including phenoxy) is 2. The minimum atomic E-state index is -0.618. The summed E-state index contributed by atoms with van der Waals surface area (Å²) in [7, 11) is 3.29. The van der Waals surface area contributed by atoms with E-state index in [0.29, 0.717) is 25.1 Å². The molecule has 8 heteroatoms. The number of hydrogen-bond donors (Lipinski definition) is 2. The topological polar surface area (TPSA) is 97.0 Å². The van der Waals surface area contributed by atoms with Crippen LogP contribution in [-0.2, 0) is 22.7 Å². The van der Waals surface area contributed by atoms with Gasteiger partial charge < -0.3 is 19.7 Å². The fraction of sp³-hybridized carbons (Fsp3) is 0.269. The molecule has 1 saturated heterocycles. The van der Waals surface area contributed by atoms with Crippen molar-refractivity contribution in [3.63, 3.8) is 0 Å². The van der Waals surface area contributed by atoms with E-state index in [1.165, 1.54) is 0 Å². The monoisotopic (exact) mass is 459 g/mol. The lowest BCUT2D eigenvalue weighted by Crippen LogP contribution is -2.52. The predicted molar refractivity (Wildman–Crippen MR) is 127 cm³/mol. The van der Waals surface area contributed by atoms with Crippen LogP contribution in [-0.4, -0.2) is 42.9 Å². The molecule has 2 N–H and O–H groups in total. The Balaban J connectivity index is 1.34. The normalized spacial score (nSPS) is 17.5. The standard InChI is InChI=1S/C26H25N3O5/c1-33-22-5-3-4-15-10-16(23(34-2)12-20(15)22)13-27-18-6-7-19-17(11-18)14-29(26(19)32)21-8-9-24(30)28-25(21)31/h3-7,10-12,21,27H,8-9,13-14H2,1-2H3,(H,28,30,31). The Morgan fingerprint density at radius 3 is 2.62 bits per heavy atom. The van der Waals surface area contributed by atoms with Crippen molar-refractivity contribution in [3.8, 4) is 11.5 Å². The van der Waals surface area contributed by atoms with Gasteiger partial charge in [0, 0.05) is 41.7 Å². The molecule has 0 aliphatic carbocycles. The molecule has 3 amide bonds. The number of piperidine rings is 1. The Labute approximate surface area is 196 Å². The Morgan fingerprint density at radius 1 is 1.03 bits per heavy atom. The summed E-state index contributed by atoms with van der Waals surface area (Å²) in [6.45, 7) is 0.870. The Kier molecular flexibility index (Phi) is 5.57. The van der Waals surface area contributed by atoms with Gasteiger partial charge in [-0.05, 0) is 53.8 Å². The molecule has 3 aromatic rings. The molecular formula is C26H25N3O5. The van der Waals surface area contributed by atoms with Crippen LogP contribution in [0.1, 0.15) is 34.3 Å². The maximum Gasteiger partial charge on any atom is 0.255 e. The molecule has 5 rings (SSSR count). The van der Waals surface area contributed by atoms with Crippen molar-refractivity contribution < 1.29 is 23.9 Å². The highest BCUT2D eigenvalue weighted by Crippen LogP contribution is 2.33. The maximum atomic E-state index is 12.9. The van der Waals surface area contributed by atoms with E-state index >= 15 is 0 Å². The second kappa shape index (κ2) is 8.70. The molecule has 1 atom stereocenters. The van der Waals surface area contributed by atoms with Crippen LogP contribution in [0.4, 0.5) is 5.69 Å². The van der Waals surface area contributed by atoms with Gasteiger partial charge in [0.2, 0.25) is 11.8 Å². The quantitative estimate of drug-likeness (QED) is 0.550. The van der Waals surface area contributed by atoms with Crippen LogP contribution in [0.3, 0.4) is 0 Å². The Hall–Kier alpha value is -4.07. The second-order valence-corrected chi connectivity index (χ2v) is 8.47. The minimum Gasteiger partial charge on any atom is -0.496 e. The van der Waals surface area contributed by atoms with Gasteiger partial charge >= 0.3 is 0 Å². The smallest absolute Gasteiger partial charge is 0.255 e. The minimum absolute atomic E-state index is 0.179. The van der Waals surface area contributed by atoms with Crippen LogP contribution in [0.25, 0.3) is 10.8 Å². The molecule has 174 valence electrons. The van der Waals surface area contributed by atoms with E-state index in [-0.39, 0.29) is 18.2 Å². The highest BCUT2D eigenvalue weighted by molar-refractivity contribution is 6.05. The number of benzene rings is 3. The van der Waals surface area contributed by atoms with Crippen molar-refractivity contribution in [2.45, 2.75) is 32.0 Å². The zero-order valence-electron chi connectivity index (χ0n) is 19.0. The summed E-state index contributed by atoms with van der Waals surface area (Å²) in [6, 6.07) is 14.9. The molecular weight excluding hydrogens is 434 g/mol. The molecule has 2 aliphatic rings. The fourth-order valence-electron chi connectivity index (χ4n) is 4.71. The summed E-state index contributed by atoms with van der Waals surface area (Å²) >= 11 is 0. The van der Waals surface area contributed by atoms with Crippen LogP contribution in [0.2, 0.25) is 0 Å². The van der Waals surface area contributed by atoms with Gasteiger partial charge in [0.15, 0.2) is 0 Å². The molecule has 8 nitrogen and oxygen atoms in total. The van der Waals surface area contributed by atoms with Gasteiger partial charge in [-0.25, -0.2) is 0 Å². The van der Waals surface area contributed by atoms with Gasteiger partial charge in [-0.2, -0.15) is 0 Å². The molecule has 0 bridgehead atoms. The number of rotatable bonds is 6. The molecule has 1 fully saturated rings. The highest BCUT2D eigenvalue weighted by atomic mass is 16.5. The highest BCUT2D eigenvalue weighted by Gasteiger charge is 2.39. The zero-order valence-corrected chi connectivity index (χ0v) is 19.0. The number of amides is 3. The van der Waals surface area contributed by atoms with Crippen LogP contribution in [0.15, 0.2) is 48.5 Å². The van der Waals surface area contributed by atoms with Crippen molar-refractivity contribution in [2.24, 2.45) is 0 Å². The van der Waals surface area contributed by atoms with Crippen molar-refractivity contribution in [3.05, 3.63) is 65.2 Å². The number of nitrogens with one attached hydrogen (secondary N) is 2. The number of carbonyl (C=O) groups is 3. The SMILES string of the molecule is COc1cc2c(OC)cccc2cc1CNc1ccc2c(c1)CN(C1CCC(=O)NC1=O)C2=O. The Bertz CT molecular complexity index is 1320. The number of carbonyl (C=O) groups excluding carboxylic acids is 3. The number of nitrogens with zero attached hydrogens (tertiary/aromatic N) is 1. The third kappa shape index (κ3) is 3.81. The van der Waals surface area contributed by atoms with E-state index in [0.717, 1.165) is 39.1 Å². The summed E-state index contributed by atoms with van der Waals surface area (Å²) in [5.41, 5.74) is 3.30. The number of hydrogen-bond acceptors (Lipinski definition) is 6. The van der Waals surface area contributed by atoms with Gasteiger partial charge in [-0.3, -0.25) is 19.7 Å². The first-order chi connectivity index (χ1) is 16.5. The maximum absolute atomic E-state index is 12.9. The van der Waals surface area contributed by atoms with E-state index in [1.807, 2.05) is 36.4 Å². The molecule has 1 unspecified atom stereocenters. The van der Waals surface area contributed by atoms with Crippen LogP contribution >= 0.6 is 0 Å². The first-order valence-electron chi connectivity index (χ1n) is 11.1. The summed E-state index contributed by atoms with van der Waals surface area (Å²) in [5, 5.41) is 7.78. The number of fused-ring (bicyclic) bond motifs is 2. The van der Waals surface area contributed by atoms with E-state index in [9.17, 15) is 14.4 Å². The van der Waals surface area contributed by atoms with Crippen molar-refractivity contribution in [1.82, 2.24) is 10.2 Å². The number of methoxy groups -OCH3 is 2. The van der Waals surface area contributed by atoms with Gasteiger partial charge in [0.25, 0.3) is 5.91 Å².